The summed E-state index contributed by atoms with van der Waals surface area (Å²) < 4.78 is 4.54. The molecular weight excluding hydrogens is 216 g/mol. The summed E-state index contributed by atoms with van der Waals surface area (Å²) in [6, 6.07) is 9.84. The van der Waals surface area contributed by atoms with Gasteiger partial charge in [-0.3, -0.25) is 0 Å². The maximum Gasteiger partial charge on any atom is 0.333 e. The third kappa shape index (κ3) is 3.16. The summed E-state index contributed by atoms with van der Waals surface area (Å²) in [5.74, 6) is -0.510. The lowest BCUT2D eigenvalue weighted by Gasteiger charge is -2.01. The fourth-order valence-electron chi connectivity index (χ4n) is 1.45. The fourth-order valence-corrected chi connectivity index (χ4v) is 1.45. The SMILES string of the molecule is O=C1C=C(/C=C/C=C/c2ccccc2)C(O)O1. The quantitative estimate of drug-likeness (QED) is 0.636. The molecule has 2 rings (SSSR count). The van der Waals surface area contributed by atoms with Crippen molar-refractivity contribution < 1.29 is 14.6 Å². The fraction of sp³-hybridized carbons (Fsp3) is 0.0714. The smallest absolute Gasteiger partial charge is 0.333 e. The van der Waals surface area contributed by atoms with E-state index in [-0.39, 0.29) is 0 Å². The Hall–Kier alpha value is -2.13. The first kappa shape index (κ1) is 11.4. The van der Waals surface area contributed by atoms with Crippen molar-refractivity contribution in [3.8, 4) is 0 Å². The molecular formula is C14H12O3. The van der Waals surface area contributed by atoms with Gasteiger partial charge >= 0.3 is 5.97 Å². The molecule has 0 aromatic heterocycles. The largest absolute Gasteiger partial charge is 0.428 e. The van der Waals surface area contributed by atoms with Crippen LogP contribution in [0.1, 0.15) is 5.56 Å². The van der Waals surface area contributed by atoms with Crippen LogP contribution in [0.2, 0.25) is 0 Å². The Morgan fingerprint density at radius 1 is 1.12 bits per heavy atom. The molecule has 0 saturated carbocycles. The van der Waals surface area contributed by atoms with E-state index in [0.717, 1.165) is 5.56 Å². The van der Waals surface area contributed by atoms with E-state index in [1.807, 2.05) is 42.5 Å². The standard InChI is InChI=1S/C14H12O3/c15-13-10-12(14(16)17-13)9-5-4-8-11-6-2-1-3-7-11/h1-10,14,16H/b8-4+,9-5+. The second-order valence-electron chi connectivity index (χ2n) is 3.56. The minimum Gasteiger partial charge on any atom is -0.428 e. The van der Waals surface area contributed by atoms with Crippen molar-refractivity contribution in [1.82, 2.24) is 0 Å². The van der Waals surface area contributed by atoms with Gasteiger partial charge in [0.05, 0.1) is 0 Å². The number of cyclic esters (lactones) is 1. The molecule has 0 spiro atoms. The number of rotatable bonds is 3. The summed E-state index contributed by atoms with van der Waals surface area (Å²) in [7, 11) is 0. The lowest BCUT2D eigenvalue weighted by atomic mass is 10.2. The van der Waals surface area contributed by atoms with Crippen molar-refractivity contribution in [1.29, 1.82) is 0 Å². The Kier molecular flexibility index (Phi) is 3.52. The first-order valence-electron chi connectivity index (χ1n) is 5.26. The average molecular weight is 228 g/mol. The van der Waals surface area contributed by atoms with E-state index in [2.05, 4.69) is 4.74 Å². The monoisotopic (exact) mass is 228 g/mol. The maximum absolute atomic E-state index is 10.8. The molecule has 0 amide bonds. The van der Waals surface area contributed by atoms with Crippen LogP contribution in [-0.2, 0) is 9.53 Å². The molecule has 0 saturated heterocycles. The summed E-state index contributed by atoms with van der Waals surface area (Å²) in [5, 5.41) is 9.29. The molecule has 0 fully saturated rings. The number of hydrogen-bond acceptors (Lipinski definition) is 3. The van der Waals surface area contributed by atoms with Gasteiger partial charge in [-0.25, -0.2) is 4.79 Å². The van der Waals surface area contributed by atoms with Gasteiger partial charge in [-0.05, 0) is 5.56 Å². The van der Waals surface area contributed by atoms with Crippen LogP contribution in [0.4, 0.5) is 0 Å². The summed E-state index contributed by atoms with van der Waals surface area (Å²) in [6.07, 6.45) is 7.31. The van der Waals surface area contributed by atoms with Gasteiger partial charge in [0.2, 0.25) is 6.29 Å². The van der Waals surface area contributed by atoms with Gasteiger partial charge in [0.25, 0.3) is 0 Å². The molecule has 0 aliphatic carbocycles. The first-order chi connectivity index (χ1) is 8.25. The highest BCUT2D eigenvalue weighted by Crippen LogP contribution is 2.14. The number of esters is 1. The zero-order chi connectivity index (χ0) is 12.1. The second-order valence-corrected chi connectivity index (χ2v) is 3.56. The second kappa shape index (κ2) is 5.27. The first-order valence-corrected chi connectivity index (χ1v) is 5.26. The van der Waals surface area contributed by atoms with E-state index < -0.39 is 12.3 Å². The molecule has 1 heterocycles. The highest BCUT2D eigenvalue weighted by molar-refractivity contribution is 5.86. The average Bonchev–Trinajstić information content (AvgIpc) is 2.65. The van der Waals surface area contributed by atoms with E-state index in [4.69, 9.17) is 0 Å². The highest BCUT2D eigenvalue weighted by Gasteiger charge is 2.20. The molecule has 1 aliphatic heterocycles. The lowest BCUT2D eigenvalue weighted by Crippen LogP contribution is -2.08. The van der Waals surface area contributed by atoms with Gasteiger partial charge in [0.1, 0.15) is 0 Å². The maximum atomic E-state index is 10.8. The Morgan fingerprint density at radius 2 is 1.82 bits per heavy atom. The van der Waals surface area contributed by atoms with E-state index >= 15 is 0 Å². The number of hydrogen-bond donors (Lipinski definition) is 1. The van der Waals surface area contributed by atoms with Crippen molar-refractivity contribution in [2.75, 3.05) is 0 Å². The van der Waals surface area contributed by atoms with Crippen LogP contribution in [0, 0.1) is 0 Å². The number of benzene rings is 1. The molecule has 1 N–H and O–H groups in total. The number of aliphatic hydroxyl groups excluding tert-OH is 1. The lowest BCUT2D eigenvalue weighted by molar-refractivity contribution is -0.150. The molecule has 86 valence electrons. The van der Waals surface area contributed by atoms with E-state index in [0.29, 0.717) is 5.57 Å². The van der Waals surface area contributed by atoms with Crippen LogP contribution >= 0.6 is 0 Å². The van der Waals surface area contributed by atoms with Crippen molar-refractivity contribution in [3.05, 3.63) is 65.8 Å². The van der Waals surface area contributed by atoms with Crippen LogP contribution in [0.3, 0.4) is 0 Å². The molecule has 3 nitrogen and oxygen atoms in total. The predicted octanol–water partition coefficient (Wildman–Crippen LogP) is 2.06. The number of aliphatic hydroxyl groups is 1. The molecule has 3 heteroatoms. The van der Waals surface area contributed by atoms with Crippen LogP contribution in [0.25, 0.3) is 6.08 Å². The number of allylic oxidation sites excluding steroid dienone is 2. The molecule has 17 heavy (non-hydrogen) atoms. The third-order valence-electron chi connectivity index (χ3n) is 2.29. The number of carbonyl (C=O) groups excluding carboxylic acids is 1. The Bertz CT molecular complexity index is 483. The molecule has 1 aliphatic rings. The number of carbonyl (C=O) groups is 1. The Morgan fingerprint density at radius 3 is 2.47 bits per heavy atom. The topological polar surface area (TPSA) is 46.5 Å². The molecule has 1 aromatic carbocycles. The minimum absolute atomic E-state index is 0.465. The molecule has 0 bridgehead atoms. The van der Waals surface area contributed by atoms with Crippen molar-refractivity contribution in [2.24, 2.45) is 0 Å². The van der Waals surface area contributed by atoms with Gasteiger partial charge in [-0.1, -0.05) is 54.6 Å². The van der Waals surface area contributed by atoms with Gasteiger partial charge in [0, 0.05) is 11.6 Å². The molecule has 1 atom stereocenters. The van der Waals surface area contributed by atoms with E-state index in [1.165, 1.54) is 6.08 Å². The van der Waals surface area contributed by atoms with E-state index in [1.54, 1.807) is 12.2 Å². The van der Waals surface area contributed by atoms with Crippen LogP contribution < -0.4 is 0 Å². The van der Waals surface area contributed by atoms with Gasteiger partial charge in [0.15, 0.2) is 0 Å². The third-order valence-corrected chi connectivity index (χ3v) is 2.29. The van der Waals surface area contributed by atoms with Gasteiger partial charge in [-0.2, -0.15) is 0 Å². The van der Waals surface area contributed by atoms with Crippen molar-refractivity contribution in [3.63, 3.8) is 0 Å². The van der Waals surface area contributed by atoms with Crippen LogP contribution in [0.15, 0.2) is 60.2 Å². The molecule has 1 unspecified atom stereocenters. The highest BCUT2D eigenvalue weighted by atomic mass is 16.6. The minimum atomic E-state index is -1.14. The van der Waals surface area contributed by atoms with Gasteiger partial charge < -0.3 is 9.84 Å². The summed E-state index contributed by atoms with van der Waals surface area (Å²) in [6.45, 7) is 0. The zero-order valence-electron chi connectivity index (χ0n) is 9.11. The molecule has 0 radical (unpaired) electrons. The van der Waals surface area contributed by atoms with Crippen molar-refractivity contribution >= 4 is 12.0 Å². The van der Waals surface area contributed by atoms with Crippen LogP contribution in [0.5, 0.6) is 0 Å². The Balaban J connectivity index is 1.97. The molecule has 1 aromatic rings. The summed E-state index contributed by atoms with van der Waals surface area (Å²) in [4.78, 5) is 10.8. The Labute approximate surface area is 99.3 Å². The van der Waals surface area contributed by atoms with Crippen molar-refractivity contribution in [2.45, 2.75) is 6.29 Å². The zero-order valence-corrected chi connectivity index (χ0v) is 9.11. The predicted molar refractivity (Wildman–Crippen MR) is 64.8 cm³/mol. The summed E-state index contributed by atoms with van der Waals surface area (Å²) in [5.41, 5.74) is 1.55. The van der Waals surface area contributed by atoms with Gasteiger partial charge in [-0.15, -0.1) is 0 Å². The van der Waals surface area contributed by atoms with Crippen LogP contribution in [-0.4, -0.2) is 17.4 Å². The number of ether oxygens (including phenoxy) is 1. The van der Waals surface area contributed by atoms with E-state index in [9.17, 15) is 9.90 Å². The normalized spacial score (nSPS) is 19.9. The summed E-state index contributed by atoms with van der Waals surface area (Å²) >= 11 is 0.